The Kier molecular flexibility index (Phi) is 1.83. The summed E-state index contributed by atoms with van der Waals surface area (Å²) in [7, 11) is 0. The maximum atomic E-state index is 11.5. The lowest BCUT2D eigenvalue weighted by Crippen LogP contribution is -2.26. The summed E-state index contributed by atoms with van der Waals surface area (Å²) in [5.41, 5.74) is 0.0485. The van der Waals surface area contributed by atoms with Crippen molar-refractivity contribution < 1.29 is 0 Å². The van der Waals surface area contributed by atoms with Crippen LogP contribution in [0.3, 0.4) is 0 Å². The zero-order chi connectivity index (χ0) is 11.1. The van der Waals surface area contributed by atoms with Crippen molar-refractivity contribution in [3.63, 3.8) is 0 Å². The van der Waals surface area contributed by atoms with E-state index >= 15 is 0 Å². The van der Waals surface area contributed by atoms with E-state index in [-0.39, 0.29) is 0 Å². The van der Waals surface area contributed by atoms with Crippen molar-refractivity contribution in [3.8, 4) is 0 Å². The van der Waals surface area contributed by atoms with Crippen LogP contribution in [0.15, 0.2) is 31.9 Å². The van der Waals surface area contributed by atoms with Crippen LogP contribution < -0.4 is 16.6 Å². The molecule has 0 amide bonds. The van der Waals surface area contributed by atoms with Crippen molar-refractivity contribution in [1.82, 2.24) is 20.2 Å². The van der Waals surface area contributed by atoms with Gasteiger partial charge < -0.3 is 5.32 Å². The molecule has 0 unspecified atom stereocenters. The highest BCUT2D eigenvalue weighted by molar-refractivity contribution is 7.99. The monoisotopic (exact) mass is 235 g/mol. The van der Waals surface area contributed by atoms with E-state index in [1.54, 1.807) is 6.20 Å². The highest BCUT2D eigenvalue weighted by Gasteiger charge is 2.19. The van der Waals surface area contributed by atoms with Crippen molar-refractivity contribution in [2.45, 2.75) is 9.92 Å². The second kappa shape index (κ2) is 3.20. The Labute approximate surface area is 92.3 Å². The highest BCUT2D eigenvalue weighted by atomic mass is 32.2. The fourth-order valence-electron chi connectivity index (χ4n) is 1.39. The summed E-state index contributed by atoms with van der Waals surface area (Å²) in [5, 5.41) is 10.8. The Balaban J connectivity index is 2.23. The van der Waals surface area contributed by atoms with Gasteiger partial charge in [0, 0.05) is 0 Å². The number of fused-ring (bicyclic) bond motifs is 2. The minimum absolute atomic E-state index is 0.324. The van der Waals surface area contributed by atoms with E-state index in [4.69, 9.17) is 0 Å². The van der Waals surface area contributed by atoms with Gasteiger partial charge in [0.25, 0.3) is 5.56 Å². The van der Waals surface area contributed by atoms with Crippen LogP contribution in [-0.2, 0) is 0 Å². The number of anilines is 2. The minimum atomic E-state index is -0.525. The van der Waals surface area contributed by atoms with E-state index in [0.717, 1.165) is 4.90 Å². The standard InChI is InChI=1S/C8H5N5O2S/c14-6-5-7(13-8(15)12-6)16-4-2-10-9-1-3(4)11-5/h1-2,11H,(H2,12,13,14,15). The topological polar surface area (TPSA) is 104 Å². The van der Waals surface area contributed by atoms with Gasteiger partial charge in [-0.05, 0) is 0 Å². The predicted molar refractivity (Wildman–Crippen MR) is 57.1 cm³/mol. The van der Waals surface area contributed by atoms with Crippen molar-refractivity contribution in [2.24, 2.45) is 0 Å². The number of rotatable bonds is 0. The average molecular weight is 235 g/mol. The van der Waals surface area contributed by atoms with Gasteiger partial charge >= 0.3 is 5.69 Å². The molecular weight excluding hydrogens is 230 g/mol. The number of aromatic amines is 2. The first-order valence-electron chi connectivity index (χ1n) is 4.36. The maximum Gasteiger partial charge on any atom is 0.326 e. The molecule has 8 heteroatoms. The molecule has 7 nitrogen and oxygen atoms in total. The number of H-pyrrole nitrogens is 2. The van der Waals surface area contributed by atoms with Crippen LogP contribution in [0.2, 0.25) is 0 Å². The summed E-state index contributed by atoms with van der Waals surface area (Å²) >= 11 is 1.27. The van der Waals surface area contributed by atoms with Crippen LogP contribution in [0.5, 0.6) is 0 Å². The molecule has 1 aliphatic rings. The van der Waals surface area contributed by atoms with Gasteiger partial charge in [0.15, 0.2) is 0 Å². The fraction of sp³-hybridized carbons (Fsp3) is 0. The van der Waals surface area contributed by atoms with Gasteiger partial charge in [-0.2, -0.15) is 10.2 Å². The summed E-state index contributed by atoms with van der Waals surface area (Å²) < 4.78 is 0. The van der Waals surface area contributed by atoms with Crippen LogP contribution >= 0.6 is 11.8 Å². The molecule has 80 valence electrons. The zero-order valence-electron chi connectivity index (χ0n) is 7.77. The average Bonchev–Trinajstić information content (AvgIpc) is 2.27. The molecule has 0 spiro atoms. The van der Waals surface area contributed by atoms with E-state index in [9.17, 15) is 9.59 Å². The quantitative estimate of drug-likeness (QED) is 0.476. The van der Waals surface area contributed by atoms with Crippen LogP contribution in [0.4, 0.5) is 11.4 Å². The van der Waals surface area contributed by atoms with E-state index in [1.165, 1.54) is 18.0 Å². The molecule has 0 radical (unpaired) electrons. The van der Waals surface area contributed by atoms with E-state index < -0.39 is 11.2 Å². The van der Waals surface area contributed by atoms with Gasteiger partial charge in [-0.15, -0.1) is 0 Å². The summed E-state index contributed by atoms with van der Waals surface area (Å²) in [4.78, 5) is 28.1. The molecule has 0 fully saturated rings. The third-order valence-electron chi connectivity index (χ3n) is 2.07. The third-order valence-corrected chi connectivity index (χ3v) is 3.13. The molecule has 1 aliphatic heterocycles. The molecular formula is C8H5N5O2S. The molecule has 2 aromatic rings. The Morgan fingerprint density at radius 3 is 2.81 bits per heavy atom. The molecule has 2 aromatic heterocycles. The van der Waals surface area contributed by atoms with Crippen molar-refractivity contribution >= 4 is 23.1 Å². The van der Waals surface area contributed by atoms with E-state index in [0.29, 0.717) is 16.4 Å². The van der Waals surface area contributed by atoms with Gasteiger partial charge in [-0.3, -0.25) is 14.8 Å². The molecule has 16 heavy (non-hydrogen) atoms. The first-order valence-corrected chi connectivity index (χ1v) is 5.18. The predicted octanol–water partition coefficient (Wildman–Crippen LogP) is 0.0614. The molecule has 0 aromatic carbocycles. The Hall–Kier alpha value is -2.09. The van der Waals surface area contributed by atoms with Crippen LogP contribution in [0.1, 0.15) is 0 Å². The van der Waals surface area contributed by atoms with Crippen LogP contribution in [0.25, 0.3) is 0 Å². The number of nitrogens with zero attached hydrogens (tertiary/aromatic N) is 2. The molecule has 0 saturated heterocycles. The number of nitrogens with one attached hydrogen (secondary N) is 3. The summed E-state index contributed by atoms with van der Waals surface area (Å²) in [6.07, 6.45) is 3.09. The number of hydrogen-bond acceptors (Lipinski definition) is 6. The number of hydrogen-bond donors (Lipinski definition) is 3. The molecule has 0 saturated carbocycles. The third kappa shape index (κ3) is 1.31. The summed E-state index contributed by atoms with van der Waals surface area (Å²) in [6.45, 7) is 0. The summed E-state index contributed by atoms with van der Waals surface area (Å²) in [6, 6.07) is 0. The Bertz CT molecular complexity index is 677. The molecule has 3 heterocycles. The molecule has 0 atom stereocenters. The molecule has 3 rings (SSSR count). The lowest BCUT2D eigenvalue weighted by molar-refractivity contribution is 0.937. The van der Waals surface area contributed by atoms with Crippen LogP contribution in [-0.4, -0.2) is 20.2 Å². The first-order chi connectivity index (χ1) is 7.74. The molecule has 3 N–H and O–H groups in total. The maximum absolute atomic E-state index is 11.5. The largest absolute Gasteiger partial charge is 0.347 e. The fourth-order valence-corrected chi connectivity index (χ4v) is 2.31. The van der Waals surface area contributed by atoms with Gasteiger partial charge in [-0.25, -0.2) is 4.79 Å². The lowest BCUT2D eigenvalue weighted by atomic mass is 10.4. The van der Waals surface area contributed by atoms with Gasteiger partial charge in [-0.1, -0.05) is 11.8 Å². The second-order valence-corrected chi connectivity index (χ2v) is 4.16. The van der Waals surface area contributed by atoms with Gasteiger partial charge in [0.2, 0.25) is 0 Å². The van der Waals surface area contributed by atoms with E-state index in [1.807, 2.05) is 0 Å². The van der Waals surface area contributed by atoms with Gasteiger partial charge in [0.05, 0.1) is 23.0 Å². The smallest absolute Gasteiger partial charge is 0.326 e. The molecule has 0 aliphatic carbocycles. The van der Waals surface area contributed by atoms with Gasteiger partial charge in [0.1, 0.15) is 10.7 Å². The zero-order valence-corrected chi connectivity index (χ0v) is 8.59. The van der Waals surface area contributed by atoms with Crippen LogP contribution in [0, 0.1) is 0 Å². The first kappa shape index (κ1) is 9.16. The normalized spacial score (nSPS) is 12.5. The Morgan fingerprint density at radius 2 is 1.94 bits per heavy atom. The van der Waals surface area contributed by atoms with E-state index in [2.05, 4.69) is 25.5 Å². The second-order valence-electron chi connectivity index (χ2n) is 3.11. The number of aromatic nitrogens is 4. The SMILES string of the molecule is O=c1[nH]c2c(c(=O)[nH]1)Nc1cnncc1S2. The Morgan fingerprint density at radius 1 is 1.12 bits per heavy atom. The lowest BCUT2D eigenvalue weighted by Gasteiger charge is -2.17. The highest BCUT2D eigenvalue weighted by Crippen LogP contribution is 2.39. The van der Waals surface area contributed by atoms with Crippen molar-refractivity contribution in [2.75, 3.05) is 5.32 Å². The minimum Gasteiger partial charge on any atom is -0.347 e. The van der Waals surface area contributed by atoms with Crippen molar-refractivity contribution in [3.05, 3.63) is 33.2 Å². The van der Waals surface area contributed by atoms with Crippen molar-refractivity contribution in [1.29, 1.82) is 0 Å². The molecule has 0 bridgehead atoms. The summed E-state index contributed by atoms with van der Waals surface area (Å²) in [5.74, 6) is 0.